The summed E-state index contributed by atoms with van der Waals surface area (Å²) in [5, 5.41) is 1.05. The Morgan fingerprint density at radius 2 is 2.21 bits per heavy atom. The molecule has 1 aliphatic heterocycles. The van der Waals surface area contributed by atoms with Gasteiger partial charge in [-0.15, -0.1) is 0 Å². The van der Waals surface area contributed by atoms with Crippen LogP contribution in [-0.4, -0.2) is 27.3 Å². The molecule has 3 aromatic rings. The first-order valence-electron chi connectivity index (χ1n) is 7.99. The van der Waals surface area contributed by atoms with E-state index in [1.807, 2.05) is 30.3 Å². The van der Waals surface area contributed by atoms with Gasteiger partial charge in [0.1, 0.15) is 16.9 Å². The molecular weight excluding hydrogens is 304 g/mol. The molecule has 6 heteroatoms. The Labute approximate surface area is 139 Å². The van der Waals surface area contributed by atoms with Crippen LogP contribution >= 0.6 is 0 Å². The number of para-hydroxylation sites is 1. The second kappa shape index (κ2) is 5.72. The van der Waals surface area contributed by atoms with Crippen LogP contribution in [0.15, 0.2) is 53.3 Å². The first-order valence-corrected chi connectivity index (χ1v) is 7.99. The Balaban J connectivity index is 1.71. The van der Waals surface area contributed by atoms with Crippen molar-refractivity contribution < 1.29 is 9.21 Å². The summed E-state index contributed by atoms with van der Waals surface area (Å²) >= 11 is 0. The molecule has 0 bridgehead atoms. The van der Waals surface area contributed by atoms with E-state index in [-0.39, 0.29) is 0 Å². The Hall–Kier alpha value is -2.73. The number of primary amides is 1. The summed E-state index contributed by atoms with van der Waals surface area (Å²) in [6.07, 6.45) is 6.33. The molecule has 1 atom stereocenters. The summed E-state index contributed by atoms with van der Waals surface area (Å²) in [5.74, 6) is 0.421. The van der Waals surface area contributed by atoms with Crippen molar-refractivity contribution in [3.63, 3.8) is 0 Å². The van der Waals surface area contributed by atoms with Crippen LogP contribution < -0.4 is 5.73 Å². The molecule has 3 heterocycles. The number of furan rings is 1. The van der Waals surface area contributed by atoms with E-state index in [1.165, 1.54) is 0 Å². The van der Waals surface area contributed by atoms with Gasteiger partial charge in [-0.05, 0) is 25.0 Å². The van der Waals surface area contributed by atoms with Crippen molar-refractivity contribution in [3.05, 3.63) is 60.4 Å². The molecule has 122 valence electrons. The molecule has 1 aliphatic rings. The smallest absolute Gasteiger partial charge is 0.244 e. The zero-order valence-electron chi connectivity index (χ0n) is 13.2. The van der Waals surface area contributed by atoms with E-state index < -0.39 is 11.4 Å². The number of amides is 1. The number of nitrogens with two attached hydrogens (primary N) is 1. The molecule has 2 N–H and O–H groups in total. The standard InChI is InChI=1S/C18H18N4O2/c19-17(23)18(16-11-20-7-8-21-16)6-3-9-22(18)12-14-10-13-4-1-2-5-15(13)24-14/h1-2,4-5,7-8,10-11H,3,6,9,12H2,(H2,19,23)/t18-/m1/s1. The van der Waals surface area contributed by atoms with Crippen molar-refractivity contribution in [1.82, 2.24) is 14.9 Å². The minimum absolute atomic E-state index is 0.392. The Bertz CT molecular complexity index is 844. The normalized spacial score (nSPS) is 21.3. The third-order valence-corrected chi connectivity index (χ3v) is 4.72. The maximum absolute atomic E-state index is 12.4. The van der Waals surface area contributed by atoms with Gasteiger partial charge in [-0.2, -0.15) is 0 Å². The maximum Gasteiger partial charge on any atom is 0.244 e. The zero-order valence-corrected chi connectivity index (χ0v) is 13.2. The number of carbonyl (C=O) groups excluding carboxylic acids is 1. The molecular formula is C18H18N4O2. The first-order chi connectivity index (χ1) is 11.7. The number of benzene rings is 1. The highest BCUT2D eigenvalue weighted by atomic mass is 16.3. The molecule has 0 radical (unpaired) electrons. The lowest BCUT2D eigenvalue weighted by atomic mass is 9.91. The number of carbonyl (C=O) groups is 1. The Kier molecular flexibility index (Phi) is 3.54. The van der Waals surface area contributed by atoms with Crippen LogP contribution in [0.5, 0.6) is 0 Å². The van der Waals surface area contributed by atoms with Crippen LogP contribution in [-0.2, 0) is 16.9 Å². The van der Waals surface area contributed by atoms with E-state index in [2.05, 4.69) is 14.9 Å². The Morgan fingerprint density at radius 1 is 1.33 bits per heavy atom. The third-order valence-electron chi connectivity index (χ3n) is 4.72. The van der Waals surface area contributed by atoms with E-state index in [4.69, 9.17) is 10.2 Å². The number of likely N-dealkylation sites (tertiary alicyclic amines) is 1. The molecule has 1 aromatic carbocycles. The van der Waals surface area contributed by atoms with Gasteiger partial charge < -0.3 is 10.2 Å². The minimum Gasteiger partial charge on any atom is -0.460 e. The summed E-state index contributed by atoms with van der Waals surface area (Å²) in [5.41, 5.74) is 6.33. The fraction of sp³-hybridized carbons (Fsp3) is 0.278. The molecule has 1 saturated heterocycles. The van der Waals surface area contributed by atoms with Crippen molar-refractivity contribution in [2.45, 2.75) is 24.9 Å². The average Bonchev–Trinajstić information content (AvgIpc) is 3.20. The van der Waals surface area contributed by atoms with Crippen LogP contribution in [0.3, 0.4) is 0 Å². The molecule has 0 saturated carbocycles. The quantitative estimate of drug-likeness (QED) is 0.796. The van der Waals surface area contributed by atoms with E-state index in [9.17, 15) is 4.79 Å². The highest BCUT2D eigenvalue weighted by Crippen LogP contribution is 2.39. The molecule has 0 unspecified atom stereocenters. The number of fused-ring (bicyclic) bond motifs is 1. The Morgan fingerprint density at radius 3 is 2.96 bits per heavy atom. The number of nitrogens with zero attached hydrogens (tertiary/aromatic N) is 3. The number of rotatable bonds is 4. The van der Waals surface area contributed by atoms with Crippen LogP contribution in [0.1, 0.15) is 24.3 Å². The molecule has 4 rings (SSSR count). The lowest BCUT2D eigenvalue weighted by molar-refractivity contribution is -0.130. The monoisotopic (exact) mass is 322 g/mol. The molecule has 24 heavy (non-hydrogen) atoms. The van der Waals surface area contributed by atoms with Crippen LogP contribution in [0.25, 0.3) is 11.0 Å². The summed E-state index contributed by atoms with van der Waals surface area (Å²) in [6, 6.07) is 9.88. The van der Waals surface area contributed by atoms with Gasteiger partial charge in [0.2, 0.25) is 5.91 Å². The second-order valence-electron chi connectivity index (χ2n) is 6.09. The summed E-state index contributed by atoms with van der Waals surface area (Å²) in [6.45, 7) is 1.27. The summed E-state index contributed by atoms with van der Waals surface area (Å²) < 4.78 is 5.91. The fourth-order valence-corrected chi connectivity index (χ4v) is 3.60. The summed E-state index contributed by atoms with van der Waals surface area (Å²) in [7, 11) is 0. The molecule has 1 fully saturated rings. The van der Waals surface area contributed by atoms with E-state index in [0.29, 0.717) is 18.7 Å². The molecule has 1 amide bonds. The van der Waals surface area contributed by atoms with Crippen molar-refractivity contribution in [2.24, 2.45) is 5.73 Å². The van der Waals surface area contributed by atoms with Gasteiger partial charge in [0.25, 0.3) is 0 Å². The van der Waals surface area contributed by atoms with Crippen LogP contribution in [0, 0.1) is 0 Å². The predicted octanol–water partition coefficient (Wildman–Crippen LogP) is 2.20. The lowest BCUT2D eigenvalue weighted by Gasteiger charge is -2.34. The highest BCUT2D eigenvalue weighted by Gasteiger charge is 2.49. The molecule has 6 nitrogen and oxygen atoms in total. The van der Waals surface area contributed by atoms with Crippen molar-refractivity contribution in [2.75, 3.05) is 6.54 Å². The van der Waals surface area contributed by atoms with Gasteiger partial charge in [-0.25, -0.2) is 0 Å². The number of hydrogen-bond donors (Lipinski definition) is 1. The van der Waals surface area contributed by atoms with Gasteiger partial charge in [0.15, 0.2) is 0 Å². The van der Waals surface area contributed by atoms with Crippen molar-refractivity contribution in [3.8, 4) is 0 Å². The highest BCUT2D eigenvalue weighted by molar-refractivity contribution is 5.86. The van der Waals surface area contributed by atoms with Crippen LogP contribution in [0.4, 0.5) is 0 Å². The topological polar surface area (TPSA) is 85.2 Å². The second-order valence-corrected chi connectivity index (χ2v) is 6.09. The number of aromatic nitrogens is 2. The van der Waals surface area contributed by atoms with Gasteiger partial charge >= 0.3 is 0 Å². The van der Waals surface area contributed by atoms with Gasteiger partial charge in [0.05, 0.1) is 18.4 Å². The van der Waals surface area contributed by atoms with Gasteiger partial charge in [-0.3, -0.25) is 19.7 Å². The van der Waals surface area contributed by atoms with Crippen molar-refractivity contribution in [1.29, 1.82) is 0 Å². The maximum atomic E-state index is 12.4. The average molecular weight is 322 g/mol. The van der Waals surface area contributed by atoms with Crippen molar-refractivity contribution >= 4 is 16.9 Å². The largest absolute Gasteiger partial charge is 0.460 e. The van der Waals surface area contributed by atoms with E-state index >= 15 is 0 Å². The third kappa shape index (κ3) is 2.27. The van der Waals surface area contributed by atoms with Crippen LogP contribution in [0.2, 0.25) is 0 Å². The summed E-state index contributed by atoms with van der Waals surface area (Å²) in [4.78, 5) is 22.9. The molecule has 0 aliphatic carbocycles. The zero-order chi connectivity index (χ0) is 16.6. The van der Waals surface area contributed by atoms with Gasteiger partial charge in [-0.1, -0.05) is 18.2 Å². The fourth-order valence-electron chi connectivity index (χ4n) is 3.60. The predicted molar refractivity (Wildman–Crippen MR) is 88.8 cm³/mol. The number of hydrogen-bond acceptors (Lipinski definition) is 5. The first kappa shape index (κ1) is 14.8. The lowest BCUT2D eigenvalue weighted by Crippen LogP contribution is -2.51. The SMILES string of the molecule is NC(=O)[C@]1(c2cnccn2)CCCN1Cc1cc2ccccc2o1. The molecule has 2 aromatic heterocycles. The molecule has 0 spiro atoms. The van der Waals surface area contributed by atoms with Gasteiger partial charge in [0, 0.05) is 24.3 Å². The van der Waals surface area contributed by atoms with E-state index in [0.717, 1.165) is 29.7 Å². The van der Waals surface area contributed by atoms with E-state index in [1.54, 1.807) is 18.6 Å². The minimum atomic E-state index is -0.923.